The number of hydrogen-bond acceptors (Lipinski definition) is 1. The van der Waals surface area contributed by atoms with Crippen molar-refractivity contribution in [3.63, 3.8) is 0 Å². The first kappa shape index (κ1) is 13.8. The molecule has 1 aromatic rings. The number of nitrogens with zero attached hydrogens (tertiary/aromatic N) is 1. The van der Waals surface area contributed by atoms with Gasteiger partial charge in [0.2, 0.25) is 0 Å². The van der Waals surface area contributed by atoms with Crippen molar-refractivity contribution in [1.82, 2.24) is 4.90 Å². The van der Waals surface area contributed by atoms with E-state index in [1.165, 1.54) is 0 Å². The summed E-state index contributed by atoms with van der Waals surface area (Å²) in [5.41, 5.74) is 3.07. The van der Waals surface area contributed by atoms with Crippen LogP contribution in [0.2, 0.25) is 0 Å². The van der Waals surface area contributed by atoms with E-state index >= 15 is 0 Å². The monoisotopic (exact) mass is 233 g/mol. The summed E-state index contributed by atoms with van der Waals surface area (Å²) in [6.45, 7) is 9.95. The van der Waals surface area contributed by atoms with Crippen LogP contribution in [0, 0.1) is 13.8 Å². The predicted molar refractivity (Wildman–Crippen MR) is 72.4 cm³/mol. The van der Waals surface area contributed by atoms with Crippen LogP contribution in [0.3, 0.4) is 0 Å². The molecule has 0 unspecified atom stereocenters. The lowest BCUT2D eigenvalue weighted by atomic mass is 10.0. The van der Waals surface area contributed by atoms with Gasteiger partial charge < -0.3 is 4.90 Å². The molecule has 0 fully saturated rings. The molecule has 0 aliphatic heterocycles. The molecule has 2 nitrogen and oxygen atoms in total. The summed E-state index contributed by atoms with van der Waals surface area (Å²) in [5.74, 6) is 0.176. The number of amides is 1. The van der Waals surface area contributed by atoms with Crippen LogP contribution in [-0.4, -0.2) is 23.9 Å². The average molecular weight is 233 g/mol. The van der Waals surface area contributed by atoms with Gasteiger partial charge in [-0.2, -0.15) is 0 Å². The van der Waals surface area contributed by atoms with E-state index in [2.05, 4.69) is 19.9 Å². The van der Waals surface area contributed by atoms with E-state index in [4.69, 9.17) is 0 Å². The highest BCUT2D eigenvalue weighted by molar-refractivity contribution is 5.95. The van der Waals surface area contributed by atoms with E-state index in [-0.39, 0.29) is 5.91 Å². The predicted octanol–water partition coefficient (Wildman–Crippen LogP) is 3.57. The Morgan fingerprint density at radius 1 is 1.12 bits per heavy atom. The van der Waals surface area contributed by atoms with Gasteiger partial charge in [0, 0.05) is 18.7 Å². The molecule has 0 N–H and O–H groups in total. The molecule has 1 aromatic carbocycles. The Kier molecular flexibility index (Phi) is 5.20. The fourth-order valence-corrected chi connectivity index (χ4v) is 1.99. The van der Waals surface area contributed by atoms with Crippen LogP contribution in [-0.2, 0) is 0 Å². The van der Waals surface area contributed by atoms with Crippen molar-refractivity contribution in [2.24, 2.45) is 0 Å². The van der Waals surface area contributed by atoms with E-state index in [9.17, 15) is 4.79 Å². The number of rotatable bonds is 5. The van der Waals surface area contributed by atoms with Crippen molar-refractivity contribution in [2.45, 2.75) is 40.5 Å². The van der Waals surface area contributed by atoms with Gasteiger partial charge in [0.1, 0.15) is 0 Å². The Balaban J connectivity index is 2.95. The lowest BCUT2D eigenvalue weighted by molar-refractivity contribution is 0.0755. The van der Waals surface area contributed by atoms with Gasteiger partial charge in [0.25, 0.3) is 5.91 Å². The molecule has 1 rings (SSSR count). The molecule has 17 heavy (non-hydrogen) atoms. The summed E-state index contributed by atoms with van der Waals surface area (Å²) >= 11 is 0. The quantitative estimate of drug-likeness (QED) is 0.761. The minimum atomic E-state index is 0.176. The first-order valence-corrected chi connectivity index (χ1v) is 6.46. The maximum Gasteiger partial charge on any atom is 0.254 e. The molecule has 2 heteroatoms. The van der Waals surface area contributed by atoms with Gasteiger partial charge in [0.15, 0.2) is 0 Å². The topological polar surface area (TPSA) is 20.3 Å². The molecule has 0 atom stereocenters. The van der Waals surface area contributed by atoms with Crippen molar-refractivity contribution >= 4 is 5.91 Å². The van der Waals surface area contributed by atoms with E-state index in [1.54, 1.807) is 0 Å². The van der Waals surface area contributed by atoms with E-state index in [1.807, 2.05) is 30.9 Å². The summed E-state index contributed by atoms with van der Waals surface area (Å²) in [6.07, 6.45) is 2.02. The molecular weight excluding hydrogens is 210 g/mol. The van der Waals surface area contributed by atoms with Crippen molar-refractivity contribution in [3.05, 3.63) is 34.9 Å². The largest absolute Gasteiger partial charge is 0.339 e. The van der Waals surface area contributed by atoms with Gasteiger partial charge in [-0.15, -0.1) is 0 Å². The fraction of sp³-hybridized carbons (Fsp3) is 0.533. The molecule has 0 aliphatic carbocycles. The number of aryl methyl sites for hydroxylation is 2. The molecule has 0 aromatic heterocycles. The Morgan fingerprint density at radius 3 is 2.24 bits per heavy atom. The molecule has 1 amide bonds. The second-order valence-electron chi connectivity index (χ2n) is 4.61. The van der Waals surface area contributed by atoms with Crippen molar-refractivity contribution in [1.29, 1.82) is 0 Å². The smallest absolute Gasteiger partial charge is 0.254 e. The van der Waals surface area contributed by atoms with Crippen molar-refractivity contribution < 1.29 is 4.79 Å². The third kappa shape index (κ3) is 3.58. The SMILES string of the molecule is CCCN(CCC)C(=O)c1cc(C)ccc1C. The third-order valence-corrected chi connectivity index (χ3v) is 2.90. The lowest BCUT2D eigenvalue weighted by Gasteiger charge is -2.22. The summed E-state index contributed by atoms with van der Waals surface area (Å²) < 4.78 is 0. The van der Waals surface area contributed by atoms with Gasteiger partial charge in [-0.25, -0.2) is 0 Å². The highest BCUT2D eigenvalue weighted by Gasteiger charge is 2.16. The molecule has 94 valence electrons. The number of carbonyl (C=O) groups excluding carboxylic acids is 1. The fourth-order valence-electron chi connectivity index (χ4n) is 1.99. The lowest BCUT2D eigenvalue weighted by Crippen LogP contribution is -2.33. The first-order valence-electron chi connectivity index (χ1n) is 6.46. The van der Waals surface area contributed by atoms with Gasteiger partial charge in [-0.3, -0.25) is 4.79 Å². The highest BCUT2D eigenvalue weighted by Crippen LogP contribution is 2.14. The standard InChI is InChI=1S/C15H23NO/c1-5-9-16(10-6-2)15(17)14-11-12(3)7-8-13(14)4/h7-8,11H,5-6,9-10H2,1-4H3. The van der Waals surface area contributed by atoms with Crippen molar-refractivity contribution in [3.8, 4) is 0 Å². The Bertz CT molecular complexity index is 379. The molecule has 0 aliphatic rings. The summed E-state index contributed by atoms with van der Waals surface area (Å²) in [4.78, 5) is 14.4. The Labute approximate surface area is 105 Å². The zero-order valence-corrected chi connectivity index (χ0v) is 11.4. The molecule has 0 spiro atoms. The van der Waals surface area contributed by atoms with Gasteiger partial charge in [-0.05, 0) is 38.3 Å². The van der Waals surface area contributed by atoms with Crippen LogP contribution < -0.4 is 0 Å². The van der Waals surface area contributed by atoms with E-state index < -0.39 is 0 Å². The van der Waals surface area contributed by atoms with Gasteiger partial charge >= 0.3 is 0 Å². The molecule has 0 saturated carbocycles. The molecule has 0 saturated heterocycles. The van der Waals surface area contributed by atoms with Gasteiger partial charge in [-0.1, -0.05) is 31.5 Å². The summed E-state index contributed by atoms with van der Waals surface area (Å²) in [5, 5.41) is 0. The Morgan fingerprint density at radius 2 is 1.71 bits per heavy atom. The normalized spacial score (nSPS) is 10.4. The second-order valence-corrected chi connectivity index (χ2v) is 4.61. The average Bonchev–Trinajstić information content (AvgIpc) is 2.31. The molecule has 0 bridgehead atoms. The minimum Gasteiger partial charge on any atom is -0.339 e. The zero-order chi connectivity index (χ0) is 12.8. The van der Waals surface area contributed by atoms with E-state index in [0.29, 0.717) is 0 Å². The van der Waals surface area contributed by atoms with E-state index in [0.717, 1.165) is 42.6 Å². The second kappa shape index (κ2) is 6.43. The number of benzene rings is 1. The Hall–Kier alpha value is -1.31. The van der Waals surface area contributed by atoms with Crippen LogP contribution >= 0.6 is 0 Å². The van der Waals surface area contributed by atoms with Gasteiger partial charge in [0.05, 0.1) is 0 Å². The first-order chi connectivity index (χ1) is 8.10. The zero-order valence-electron chi connectivity index (χ0n) is 11.4. The van der Waals surface area contributed by atoms with Crippen LogP contribution in [0.25, 0.3) is 0 Å². The maximum absolute atomic E-state index is 12.4. The molecule has 0 radical (unpaired) electrons. The van der Waals surface area contributed by atoms with Crippen LogP contribution in [0.15, 0.2) is 18.2 Å². The third-order valence-electron chi connectivity index (χ3n) is 2.90. The molecular formula is C15H23NO. The minimum absolute atomic E-state index is 0.176. The van der Waals surface area contributed by atoms with Crippen LogP contribution in [0.1, 0.15) is 48.2 Å². The maximum atomic E-state index is 12.4. The van der Waals surface area contributed by atoms with Crippen LogP contribution in [0.4, 0.5) is 0 Å². The summed E-state index contributed by atoms with van der Waals surface area (Å²) in [6, 6.07) is 6.07. The van der Waals surface area contributed by atoms with Crippen LogP contribution in [0.5, 0.6) is 0 Å². The van der Waals surface area contributed by atoms with Crippen molar-refractivity contribution in [2.75, 3.05) is 13.1 Å². The molecule has 0 heterocycles. The number of hydrogen-bond donors (Lipinski definition) is 0. The number of carbonyl (C=O) groups is 1. The summed E-state index contributed by atoms with van der Waals surface area (Å²) in [7, 11) is 0. The highest BCUT2D eigenvalue weighted by atomic mass is 16.2.